The monoisotopic (exact) mass is 485 g/mol. The normalized spacial score (nSPS) is 11.7. The first-order valence-electron chi connectivity index (χ1n) is 11.7. The van der Waals surface area contributed by atoms with Crippen molar-refractivity contribution in [3.8, 4) is 17.0 Å². The van der Waals surface area contributed by atoms with Crippen LogP contribution < -0.4 is 10.2 Å². The average Bonchev–Trinajstić information content (AvgIpc) is 2.87. The molecular formula is C29H28ClN3O2. The lowest BCUT2D eigenvalue weighted by Gasteiger charge is -2.11. The third-order valence-electron chi connectivity index (χ3n) is 5.66. The van der Waals surface area contributed by atoms with Crippen LogP contribution in [0.25, 0.3) is 22.2 Å². The lowest BCUT2D eigenvalue weighted by molar-refractivity contribution is 0.0956. The van der Waals surface area contributed by atoms with Gasteiger partial charge in [0, 0.05) is 10.9 Å². The summed E-state index contributed by atoms with van der Waals surface area (Å²) in [4.78, 5) is 18.0. The van der Waals surface area contributed by atoms with E-state index in [4.69, 9.17) is 21.3 Å². The number of fused-ring (bicyclic) bond motifs is 1. The van der Waals surface area contributed by atoms with E-state index in [-0.39, 0.29) is 12.0 Å². The van der Waals surface area contributed by atoms with Crippen LogP contribution in [0.15, 0.2) is 77.9 Å². The van der Waals surface area contributed by atoms with Gasteiger partial charge in [-0.3, -0.25) is 4.79 Å². The number of nitrogens with one attached hydrogen (secondary N) is 1. The van der Waals surface area contributed by atoms with Crippen LogP contribution in [0.1, 0.15) is 49.2 Å². The highest BCUT2D eigenvalue weighted by Crippen LogP contribution is 2.29. The molecule has 0 saturated heterocycles. The molecule has 4 rings (SSSR count). The van der Waals surface area contributed by atoms with Crippen molar-refractivity contribution < 1.29 is 9.53 Å². The van der Waals surface area contributed by atoms with Crippen molar-refractivity contribution in [2.45, 2.75) is 40.2 Å². The number of para-hydroxylation sites is 1. The Morgan fingerprint density at radius 3 is 2.43 bits per heavy atom. The quantitative estimate of drug-likeness (QED) is 0.225. The topological polar surface area (TPSA) is 63.6 Å². The van der Waals surface area contributed by atoms with E-state index in [1.54, 1.807) is 12.1 Å². The van der Waals surface area contributed by atoms with Crippen molar-refractivity contribution in [3.05, 3.63) is 94.5 Å². The second-order valence-corrected chi connectivity index (χ2v) is 8.98. The molecule has 3 aromatic carbocycles. The molecule has 0 aliphatic rings. The van der Waals surface area contributed by atoms with Crippen LogP contribution >= 0.6 is 11.6 Å². The zero-order valence-electron chi connectivity index (χ0n) is 20.3. The first-order chi connectivity index (χ1) is 16.9. The number of benzene rings is 3. The maximum Gasteiger partial charge on any atom is 0.272 e. The summed E-state index contributed by atoms with van der Waals surface area (Å²) in [5.41, 5.74) is 8.15. The van der Waals surface area contributed by atoms with Crippen molar-refractivity contribution in [1.82, 2.24) is 10.4 Å². The van der Waals surface area contributed by atoms with Gasteiger partial charge in [0.1, 0.15) is 5.75 Å². The molecule has 6 heteroatoms. The van der Waals surface area contributed by atoms with E-state index in [1.807, 2.05) is 69.3 Å². The Hall–Kier alpha value is -3.70. The molecule has 1 heterocycles. The summed E-state index contributed by atoms with van der Waals surface area (Å²) in [6.45, 7) is 7.93. The van der Waals surface area contributed by atoms with Gasteiger partial charge in [-0.15, -0.1) is 0 Å². The van der Waals surface area contributed by atoms with E-state index in [0.29, 0.717) is 32.9 Å². The fourth-order valence-corrected chi connectivity index (χ4v) is 3.98. The molecule has 0 unspecified atom stereocenters. The molecule has 178 valence electrons. The maximum absolute atomic E-state index is 13.3. The van der Waals surface area contributed by atoms with Crippen molar-refractivity contribution in [3.63, 3.8) is 0 Å². The van der Waals surface area contributed by atoms with Crippen molar-refractivity contribution >= 4 is 34.1 Å². The third-order valence-corrected chi connectivity index (χ3v) is 5.97. The second-order valence-electron chi connectivity index (χ2n) is 8.57. The summed E-state index contributed by atoms with van der Waals surface area (Å²) in [5.74, 6) is 0.463. The first kappa shape index (κ1) is 24.4. The molecule has 35 heavy (non-hydrogen) atoms. The van der Waals surface area contributed by atoms with Crippen LogP contribution in [0, 0.1) is 0 Å². The highest BCUT2D eigenvalue weighted by Gasteiger charge is 2.16. The predicted molar refractivity (Wildman–Crippen MR) is 143 cm³/mol. The number of halogens is 1. The van der Waals surface area contributed by atoms with Gasteiger partial charge in [0.15, 0.2) is 0 Å². The number of aryl methyl sites for hydroxylation is 1. The van der Waals surface area contributed by atoms with Gasteiger partial charge in [0.05, 0.1) is 33.6 Å². The zero-order chi connectivity index (χ0) is 24.9. The zero-order valence-corrected chi connectivity index (χ0v) is 21.1. The number of pyridine rings is 1. The van der Waals surface area contributed by atoms with Gasteiger partial charge >= 0.3 is 0 Å². The molecule has 4 aromatic rings. The standard InChI is InChI=1S/C29H28ClN3O2/c1-5-20-9-11-22(12-10-20)27-17-25(24-7-6-8-26(30)28(24)31-27)29(34)33-32-19(4)21-13-15-23(16-14-21)35-18(2)3/h6-18H,5H2,1-4H3,(H,33,34)/b32-19+. The number of aromatic nitrogens is 1. The van der Waals surface area contributed by atoms with Gasteiger partial charge in [-0.05, 0) is 74.7 Å². The lowest BCUT2D eigenvalue weighted by Crippen LogP contribution is -2.20. The Kier molecular flexibility index (Phi) is 7.47. The van der Waals surface area contributed by atoms with Crippen molar-refractivity contribution in [2.75, 3.05) is 0 Å². The van der Waals surface area contributed by atoms with Crippen LogP contribution in [-0.4, -0.2) is 22.7 Å². The Balaban J connectivity index is 1.65. The number of hydrogen-bond acceptors (Lipinski definition) is 4. The second kappa shape index (κ2) is 10.7. The molecule has 0 aliphatic carbocycles. The van der Waals surface area contributed by atoms with Gasteiger partial charge in [-0.2, -0.15) is 5.10 Å². The van der Waals surface area contributed by atoms with Crippen LogP contribution in [-0.2, 0) is 6.42 Å². The Labute approximate surface area is 210 Å². The minimum Gasteiger partial charge on any atom is -0.491 e. The molecule has 0 saturated carbocycles. The Morgan fingerprint density at radius 1 is 1.06 bits per heavy atom. The van der Waals surface area contributed by atoms with Gasteiger partial charge < -0.3 is 4.74 Å². The Morgan fingerprint density at radius 2 is 1.77 bits per heavy atom. The number of amides is 1. The molecule has 0 radical (unpaired) electrons. The molecule has 0 fully saturated rings. The van der Waals surface area contributed by atoms with Crippen LogP contribution in [0.5, 0.6) is 5.75 Å². The molecule has 1 aromatic heterocycles. The fourth-order valence-electron chi connectivity index (χ4n) is 3.77. The van der Waals surface area contributed by atoms with E-state index < -0.39 is 0 Å². The number of rotatable bonds is 7. The Bertz CT molecular complexity index is 1380. The SMILES string of the molecule is CCc1ccc(-c2cc(C(=O)N/N=C(\C)c3ccc(OC(C)C)cc3)c3cccc(Cl)c3n2)cc1. The fraction of sp³-hybridized carbons (Fsp3) is 0.207. The molecular weight excluding hydrogens is 458 g/mol. The largest absolute Gasteiger partial charge is 0.491 e. The summed E-state index contributed by atoms with van der Waals surface area (Å²) in [6, 6.07) is 23.0. The number of ether oxygens (including phenoxy) is 1. The van der Waals surface area contributed by atoms with Crippen LogP contribution in [0.2, 0.25) is 5.02 Å². The summed E-state index contributed by atoms with van der Waals surface area (Å²) in [7, 11) is 0. The summed E-state index contributed by atoms with van der Waals surface area (Å²) in [6.07, 6.45) is 1.06. The minimum atomic E-state index is -0.329. The van der Waals surface area contributed by atoms with E-state index in [9.17, 15) is 4.79 Å². The van der Waals surface area contributed by atoms with E-state index in [0.717, 1.165) is 23.3 Å². The maximum atomic E-state index is 13.3. The molecule has 0 aliphatic heterocycles. The van der Waals surface area contributed by atoms with Crippen molar-refractivity contribution in [2.24, 2.45) is 5.10 Å². The van der Waals surface area contributed by atoms with Crippen LogP contribution in [0.4, 0.5) is 0 Å². The molecule has 1 N–H and O–H groups in total. The third kappa shape index (κ3) is 5.69. The number of hydrazone groups is 1. The van der Waals surface area contributed by atoms with Gasteiger partial charge in [0.2, 0.25) is 0 Å². The lowest BCUT2D eigenvalue weighted by atomic mass is 10.0. The molecule has 0 atom stereocenters. The summed E-state index contributed by atoms with van der Waals surface area (Å²) < 4.78 is 5.69. The molecule has 0 spiro atoms. The van der Waals surface area contributed by atoms with Crippen LogP contribution in [0.3, 0.4) is 0 Å². The van der Waals surface area contributed by atoms with Gasteiger partial charge in [-0.25, -0.2) is 10.4 Å². The number of hydrogen-bond donors (Lipinski definition) is 1. The van der Waals surface area contributed by atoms with E-state index in [2.05, 4.69) is 29.6 Å². The predicted octanol–water partition coefficient (Wildman–Crippen LogP) is 7.06. The highest BCUT2D eigenvalue weighted by atomic mass is 35.5. The number of nitrogens with zero attached hydrogens (tertiary/aromatic N) is 2. The smallest absolute Gasteiger partial charge is 0.272 e. The minimum absolute atomic E-state index is 0.105. The highest BCUT2D eigenvalue weighted by molar-refractivity contribution is 6.35. The molecule has 0 bridgehead atoms. The first-order valence-corrected chi connectivity index (χ1v) is 12.0. The van der Waals surface area contributed by atoms with Gasteiger partial charge in [-0.1, -0.05) is 54.9 Å². The average molecular weight is 486 g/mol. The summed E-state index contributed by atoms with van der Waals surface area (Å²) >= 11 is 6.46. The van der Waals surface area contributed by atoms with E-state index in [1.165, 1.54) is 5.56 Å². The van der Waals surface area contributed by atoms with Gasteiger partial charge in [0.25, 0.3) is 5.91 Å². The summed E-state index contributed by atoms with van der Waals surface area (Å²) in [5, 5.41) is 5.50. The number of carbonyl (C=O) groups is 1. The molecule has 5 nitrogen and oxygen atoms in total. The molecule has 1 amide bonds. The van der Waals surface area contributed by atoms with E-state index >= 15 is 0 Å². The van der Waals surface area contributed by atoms with Crippen molar-refractivity contribution in [1.29, 1.82) is 0 Å². The number of carbonyl (C=O) groups excluding carboxylic acids is 1.